The maximum atomic E-state index is 13.9. The summed E-state index contributed by atoms with van der Waals surface area (Å²) in [6.07, 6.45) is -3.95. The zero-order valence-electron chi connectivity index (χ0n) is 13.8. The fourth-order valence-corrected chi connectivity index (χ4v) is 2.99. The van der Waals surface area contributed by atoms with E-state index < -0.39 is 18.0 Å². The number of alkyl halides is 3. The number of rotatable bonds is 3. The summed E-state index contributed by atoms with van der Waals surface area (Å²) in [4.78, 5) is 9.53. The number of nitriles is 1. The fraction of sp³-hybridized carbons (Fsp3) is 0.353. The summed E-state index contributed by atoms with van der Waals surface area (Å²) < 4.78 is 53.7. The Balaban J connectivity index is 2.05. The highest BCUT2D eigenvalue weighted by Gasteiger charge is 2.46. The highest BCUT2D eigenvalue weighted by Crippen LogP contribution is 2.36. The molecule has 5 nitrogen and oxygen atoms in total. The molecule has 1 aliphatic rings. The number of benzene rings is 1. The van der Waals surface area contributed by atoms with E-state index in [9.17, 15) is 17.6 Å². The van der Waals surface area contributed by atoms with Crippen LogP contribution in [-0.2, 0) is 0 Å². The lowest BCUT2D eigenvalue weighted by atomic mass is 10.1. The second-order valence-corrected chi connectivity index (χ2v) is 5.88. The summed E-state index contributed by atoms with van der Waals surface area (Å²) in [5.74, 6) is -0.454. The van der Waals surface area contributed by atoms with Gasteiger partial charge in [0.15, 0.2) is 0 Å². The first-order chi connectivity index (χ1) is 12.3. The molecular weight excluding hydrogens is 350 g/mol. The number of anilines is 2. The third-order valence-electron chi connectivity index (χ3n) is 4.25. The molecule has 0 saturated carbocycles. The van der Waals surface area contributed by atoms with Crippen LogP contribution in [0.5, 0.6) is 0 Å². The van der Waals surface area contributed by atoms with Crippen molar-refractivity contribution in [2.75, 3.05) is 23.8 Å². The van der Waals surface area contributed by atoms with Crippen LogP contribution in [0.15, 0.2) is 24.3 Å². The molecule has 2 aromatic rings. The van der Waals surface area contributed by atoms with Gasteiger partial charge in [-0.2, -0.15) is 23.4 Å². The minimum atomic E-state index is -4.36. The first-order valence-electron chi connectivity index (χ1n) is 7.93. The molecule has 0 aliphatic carbocycles. The molecule has 9 heteroatoms. The monoisotopic (exact) mass is 365 g/mol. The van der Waals surface area contributed by atoms with E-state index in [1.54, 1.807) is 13.1 Å². The van der Waals surface area contributed by atoms with Gasteiger partial charge in [-0.05, 0) is 25.0 Å². The van der Waals surface area contributed by atoms with Crippen LogP contribution in [0, 0.1) is 17.1 Å². The van der Waals surface area contributed by atoms with Crippen molar-refractivity contribution in [2.24, 2.45) is 0 Å². The highest BCUT2D eigenvalue weighted by atomic mass is 19.4. The summed E-state index contributed by atoms with van der Waals surface area (Å²) in [7, 11) is 1.55. The summed E-state index contributed by atoms with van der Waals surface area (Å²) in [5, 5.41) is 11.5. The van der Waals surface area contributed by atoms with Crippen LogP contribution in [0.4, 0.5) is 29.3 Å². The maximum absolute atomic E-state index is 13.9. The van der Waals surface area contributed by atoms with Crippen molar-refractivity contribution in [2.45, 2.75) is 25.1 Å². The van der Waals surface area contributed by atoms with Gasteiger partial charge >= 0.3 is 6.18 Å². The molecule has 0 radical (unpaired) electrons. The molecule has 1 fully saturated rings. The van der Waals surface area contributed by atoms with Gasteiger partial charge in [0.1, 0.15) is 23.7 Å². The zero-order valence-corrected chi connectivity index (χ0v) is 13.8. The third kappa shape index (κ3) is 3.40. The van der Waals surface area contributed by atoms with Crippen LogP contribution in [0.1, 0.15) is 18.4 Å². The minimum absolute atomic E-state index is 0.00319. The van der Waals surface area contributed by atoms with E-state index in [0.717, 1.165) is 6.07 Å². The summed E-state index contributed by atoms with van der Waals surface area (Å²) >= 11 is 0. The molecule has 2 heterocycles. The number of nitrogens with one attached hydrogen (secondary N) is 1. The molecule has 1 saturated heterocycles. The molecule has 1 N–H and O–H groups in total. The average molecular weight is 365 g/mol. The summed E-state index contributed by atoms with van der Waals surface area (Å²) in [5.41, 5.74) is 0.508. The van der Waals surface area contributed by atoms with Crippen molar-refractivity contribution in [1.82, 2.24) is 9.97 Å². The smallest absolute Gasteiger partial charge is 0.357 e. The first-order valence-corrected chi connectivity index (χ1v) is 7.93. The van der Waals surface area contributed by atoms with Crippen molar-refractivity contribution in [3.8, 4) is 17.3 Å². The number of halogens is 4. The van der Waals surface area contributed by atoms with Gasteiger partial charge in [-0.15, -0.1) is 0 Å². The quantitative estimate of drug-likeness (QED) is 0.840. The third-order valence-corrected chi connectivity index (χ3v) is 4.25. The van der Waals surface area contributed by atoms with E-state index >= 15 is 0 Å². The molecule has 0 spiro atoms. The molecule has 0 amide bonds. The van der Waals surface area contributed by atoms with Crippen LogP contribution in [0.3, 0.4) is 0 Å². The molecule has 26 heavy (non-hydrogen) atoms. The Bertz CT molecular complexity index is 859. The van der Waals surface area contributed by atoms with Gasteiger partial charge in [0.25, 0.3) is 0 Å². The second kappa shape index (κ2) is 6.78. The molecule has 1 aromatic heterocycles. The van der Waals surface area contributed by atoms with Gasteiger partial charge < -0.3 is 10.2 Å². The van der Waals surface area contributed by atoms with Gasteiger partial charge in [-0.25, -0.2) is 9.37 Å². The lowest BCUT2D eigenvalue weighted by Crippen LogP contribution is -2.41. The summed E-state index contributed by atoms with van der Waals surface area (Å²) in [6.45, 7) is 0.228. The maximum Gasteiger partial charge on any atom is 0.408 e. The zero-order chi connectivity index (χ0) is 18.9. The lowest BCUT2D eigenvalue weighted by molar-refractivity contribution is -0.146. The predicted octanol–water partition coefficient (Wildman–Crippen LogP) is 3.73. The number of hydrogen-bond acceptors (Lipinski definition) is 5. The number of nitrogens with zero attached hydrogens (tertiary/aromatic N) is 4. The molecule has 1 aliphatic heterocycles. The Morgan fingerprint density at radius 3 is 2.65 bits per heavy atom. The molecule has 0 unspecified atom stereocenters. The van der Waals surface area contributed by atoms with E-state index in [2.05, 4.69) is 15.3 Å². The highest BCUT2D eigenvalue weighted by molar-refractivity contribution is 5.66. The molecule has 3 rings (SSSR count). The van der Waals surface area contributed by atoms with Crippen LogP contribution in [0.25, 0.3) is 11.3 Å². The van der Waals surface area contributed by atoms with E-state index in [1.807, 2.05) is 0 Å². The van der Waals surface area contributed by atoms with Gasteiger partial charge in [0, 0.05) is 25.2 Å². The van der Waals surface area contributed by atoms with Crippen molar-refractivity contribution in [3.05, 3.63) is 35.6 Å². The van der Waals surface area contributed by atoms with Crippen molar-refractivity contribution >= 4 is 11.8 Å². The molecule has 0 bridgehead atoms. The fourth-order valence-electron chi connectivity index (χ4n) is 2.99. The van der Waals surface area contributed by atoms with E-state index in [-0.39, 0.29) is 36.0 Å². The Kier molecular flexibility index (Phi) is 4.68. The summed E-state index contributed by atoms with van der Waals surface area (Å²) in [6, 6.07) is 5.46. The van der Waals surface area contributed by atoms with Crippen LogP contribution >= 0.6 is 0 Å². The average Bonchev–Trinajstić information content (AvgIpc) is 3.11. The van der Waals surface area contributed by atoms with Gasteiger partial charge in [-0.3, -0.25) is 0 Å². The molecule has 136 valence electrons. The Labute approximate surface area is 147 Å². The van der Waals surface area contributed by atoms with Gasteiger partial charge in [0.05, 0.1) is 11.3 Å². The van der Waals surface area contributed by atoms with E-state index in [1.165, 1.54) is 23.1 Å². The van der Waals surface area contributed by atoms with E-state index in [4.69, 9.17) is 5.26 Å². The lowest BCUT2D eigenvalue weighted by Gasteiger charge is -2.28. The SMILES string of the molecule is CNc1nc(-c2ccc(C#N)c(F)c2)cc(N2CCC[C@H]2C(F)(F)F)n1. The minimum Gasteiger partial charge on any atom is -0.357 e. The molecular formula is C17H15F4N5. The predicted molar refractivity (Wildman–Crippen MR) is 88.1 cm³/mol. The molecule has 1 atom stereocenters. The molecule has 1 aromatic carbocycles. The van der Waals surface area contributed by atoms with Crippen LogP contribution in [0.2, 0.25) is 0 Å². The van der Waals surface area contributed by atoms with Crippen molar-refractivity contribution in [1.29, 1.82) is 5.26 Å². The standard InChI is InChI=1S/C17H15F4N5/c1-23-16-24-13(10-4-5-11(9-22)12(18)7-10)8-15(25-16)26-6-2-3-14(26)17(19,20)21/h4-5,7-8,14H,2-3,6H2,1H3,(H,23,24,25)/t14-/m0/s1. The normalized spacial score (nSPS) is 17.2. The largest absolute Gasteiger partial charge is 0.408 e. The van der Waals surface area contributed by atoms with E-state index in [0.29, 0.717) is 12.0 Å². The number of hydrogen-bond donors (Lipinski definition) is 1. The Hall–Kier alpha value is -2.89. The van der Waals surface area contributed by atoms with Crippen LogP contribution < -0.4 is 10.2 Å². The number of aromatic nitrogens is 2. The topological polar surface area (TPSA) is 64.8 Å². The first kappa shape index (κ1) is 17.9. The second-order valence-electron chi connectivity index (χ2n) is 5.88. The van der Waals surface area contributed by atoms with Gasteiger partial charge in [0.2, 0.25) is 5.95 Å². The Morgan fingerprint density at radius 2 is 2.04 bits per heavy atom. The Morgan fingerprint density at radius 1 is 1.27 bits per heavy atom. The van der Waals surface area contributed by atoms with Crippen LogP contribution in [-0.4, -0.2) is 35.8 Å². The van der Waals surface area contributed by atoms with Crippen molar-refractivity contribution < 1.29 is 17.6 Å². The van der Waals surface area contributed by atoms with Crippen molar-refractivity contribution in [3.63, 3.8) is 0 Å². The van der Waals surface area contributed by atoms with Gasteiger partial charge in [-0.1, -0.05) is 6.07 Å².